The molecule has 1 aliphatic heterocycles. The molecule has 0 aliphatic carbocycles. The Bertz CT molecular complexity index is 1420. The molecule has 4 N–H and O–H groups in total. The summed E-state index contributed by atoms with van der Waals surface area (Å²) in [5.74, 6) is -0.0754. The highest BCUT2D eigenvalue weighted by molar-refractivity contribution is 6.13. The lowest BCUT2D eigenvalue weighted by molar-refractivity contribution is -0.119. The number of benzene rings is 2. The van der Waals surface area contributed by atoms with Gasteiger partial charge in [0.15, 0.2) is 18.1 Å². The Morgan fingerprint density at radius 2 is 1.88 bits per heavy atom. The molecule has 2 amide bonds. The van der Waals surface area contributed by atoms with Gasteiger partial charge < -0.3 is 21.1 Å². The van der Waals surface area contributed by atoms with Gasteiger partial charge in [-0.25, -0.2) is 15.0 Å². The maximum absolute atomic E-state index is 13.6. The van der Waals surface area contributed by atoms with Crippen molar-refractivity contribution in [3.8, 4) is 5.75 Å². The number of carbonyl (C=O) groups is 2. The lowest BCUT2D eigenvalue weighted by atomic mass is 10.0. The maximum Gasteiger partial charge on any atom is 0.262 e. The third-order valence-corrected chi connectivity index (χ3v) is 5.64. The van der Waals surface area contributed by atoms with Crippen LogP contribution in [-0.4, -0.2) is 44.6 Å². The van der Waals surface area contributed by atoms with Gasteiger partial charge in [-0.1, -0.05) is 24.3 Å². The number of imidazole rings is 1. The minimum absolute atomic E-state index is 0.165. The summed E-state index contributed by atoms with van der Waals surface area (Å²) < 4.78 is 7.45. The second-order valence-corrected chi connectivity index (χ2v) is 7.89. The number of aryl methyl sites for hydroxylation is 1. The number of hydrogen-bond donors (Lipinski definition) is 2. The van der Waals surface area contributed by atoms with E-state index in [1.165, 1.54) is 6.33 Å². The summed E-state index contributed by atoms with van der Waals surface area (Å²) in [4.78, 5) is 41.2. The summed E-state index contributed by atoms with van der Waals surface area (Å²) in [6, 6.07) is 12.8. The molecule has 172 valence electrons. The molecule has 0 bridgehead atoms. The van der Waals surface area contributed by atoms with Crippen LogP contribution in [0.3, 0.4) is 0 Å². The van der Waals surface area contributed by atoms with Crippen molar-refractivity contribution in [2.75, 3.05) is 28.8 Å². The molecule has 0 spiro atoms. The summed E-state index contributed by atoms with van der Waals surface area (Å²) >= 11 is 0. The van der Waals surface area contributed by atoms with E-state index in [1.807, 2.05) is 34.6 Å². The first-order valence-electron chi connectivity index (χ1n) is 10.5. The first kappa shape index (κ1) is 21.2. The molecule has 11 heteroatoms. The Balaban J connectivity index is 1.57. The highest BCUT2D eigenvalue weighted by Crippen LogP contribution is 2.36. The molecule has 5 rings (SSSR count). The molecule has 0 radical (unpaired) electrons. The van der Waals surface area contributed by atoms with Gasteiger partial charge >= 0.3 is 0 Å². The monoisotopic (exact) mass is 458 g/mol. The van der Waals surface area contributed by atoms with Gasteiger partial charge in [0.2, 0.25) is 0 Å². The minimum atomic E-state index is -0.601. The van der Waals surface area contributed by atoms with E-state index in [4.69, 9.17) is 16.2 Å². The van der Waals surface area contributed by atoms with Gasteiger partial charge in [0.05, 0.1) is 29.9 Å². The van der Waals surface area contributed by atoms with Crippen molar-refractivity contribution >= 4 is 40.2 Å². The quantitative estimate of drug-likeness (QED) is 0.444. The molecule has 3 heterocycles. The van der Waals surface area contributed by atoms with Crippen molar-refractivity contribution in [1.82, 2.24) is 19.5 Å². The number of primary amides is 1. The van der Waals surface area contributed by atoms with E-state index >= 15 is 0 Å². The van der Waals surface area contributed by atoms with Gasteiger partial charge in [0.1, 0.15) is 24.3 Å². The molecule has 11 nitrogen and oxygen atoms in total. The third kappa shape index (κ3) is 3.62. The summed E-state index contributed by atoms with van der Waals surface area (Å²) in [6.45, 7) is 2.19. The molecule has 0 saturated carbocycles. The zero-order valence-corrected chi connectivity index (χ0v) is 18.4. The number of amides is 2. The van der Waals surface area contributed by atoms with E-state index in [9.17, 15) is 9.59 Å². The van der Waals surface area contributed by atoms with Gasteiger partial charge in [0.25, 0.3) is 11.8 Å². The van der Waals surface area contributed by atoms with Gasteiger partial charge in [0, 0.05) is 0 Å². The molecule has 0 atom stereocenters. The van der Waals surface area contributed by atoms with Crippen LogP contribution in [0.5, 0.6) is 5.75 Å². The van der Waals surface area contributed by atoms with Crippen LogP contribution in [0.25, 0.3) is 11.2 Å². The topological polar surface area (TPSA) is 145 Å². The van der Waals surface area contributed by atoms with Crippen LogP contribution in [0.15, 0.2) is 55.1 Å². The second kappa shape index (κ2) is 8.35. The molecule has 0 saturated heterocycles. The van der Waals surface area contributed by atoms with Crippen molar-refractivity contribution in [3.05, 3.63) is 66.2 Å². The Kier molecular flexibility index (Phi) is 5.21. The first-order chi connectivity index (χ1) is 16.4. The molecule has 0 unspecified atom stereocenters. The van der Waals surface area contributed by atoms with E-state index in [0.717, 1.165) is 11.3 Å². The van der Waals surface area contributed by atoms with E-state index in [-0.39, 0.29) is 19.2 Å². The Labute approximate surface area is 194 Å². The Morgan fingerprint density at radius 3 is 2.71 bits per heavy atom. The highest BCUT2D eigenvalue weighted by atomic mass is 16.5. The van der Waals surface area contributed by atoms with E-state index in [2.05, 4.69) is 15.0 Å². The smallest absolute Gasteiger partial charge is 0.262 e. The number of carbonyl (C=O) groups excluding carboxylic acids is 2. The molecular formula is C23H22N8O3. The van der Waals surface area contributed by atoms with Crippen molar-refractivity contribution < 1.29 is 14.3 Å². The molecule has 1 aliphatic rings. The van der Waals surface area contributed by atoms with E-state index in [1.54, 1.807) is 35.5 Å². The number of para-hydroxylation sites is 2. The normalized spacial score (nSPS) is 13.3. The zero-order chi connectivity index (χ0) is 23.8. The SMILES string of the molecule is Cc1cccc2c1C(=O)N(c1ccccc1OCC(N)=O)CN2Cn1cnc2c(N)ncnc21. The lowest BCUT2D eigenvalue weighted by Crippen LogP contribution is -2.48. The number of rotatable bonds is 6. The number of nitrogens with zero attached hydrogens (tertiary/aromatic N) is 6. The van der Waals surface area contributed by atoms with E-state index in [0.29, 0.717) is 40.7 Å². The van der Waals surface area contributed by atoms with Crippen LogP contribution < -0.4 is 26.0 Å². The van der Waals surface area contributed by atoms with Gasteiger partial charge in [-0.3, -0.25) is 19.1 Å². The number of nitrogens with two attached hydrogens (primary N) is 2. The maximum atomic E-state index is 13.6. The number of aromatic nitrogens is 4. The summed E-state index contributed by atoms with van der Waals surface area (Å²) in [5, 5.41) is 0. The number of nitrogen functional groups attached to an aromatic ring is 1. The predicted octanol–water partition coefficient (Wildman–Crippen LogP) is 1.66. The number of ether oxygens (including phenoxy) is 1. The predicted molar refractivity (Wildman–Crippen MR) is 126 cm³/mol. The fourth-order valence-electron chi connectivity index (χ4n) is 4.08. The van der Waals surface area contributed by atoms with Crippen molar-refractivity contribution in [2.45, 2.75) is 13.6 Å². The van der Waals surface area contributed by atoms with Crippen LogP contribution in [0.1, 0.15) is 15.9 Å². The lowest BCUT2D eigenvalue weighted by Gasteiger charge is -2.39. The largest absolute Gasteiger partial charge is 0.482 e. The summed E-state index contributed by atoms with van der Waals surface area (Å²) in [6.07, 6.45) is 3.04. The second-order valence-electron chi connectivity index (χ2n) is 7.89. The first-order valence-corrected chi connectivity index (χ1v) is 10.5. The third-order valence-electron chi connectivity index (χ3n) is 5.64. The van der Waals surface area contributed by atoms with Crippen molar-refractivity contribution in [1.29, 1.82) is 0 Å². The molecule has 0 fully saturated rings. The summed E-state index contributed by atoms with van der Waals surface area (Å²) in [7, 11) is 0. The molecular weight excluding hydrogens is 436 g/mol. The number of fused-ring (bicyclic) bond motifs is 2. The molecule has 2 aromatic carbocycles. The average molecular weight is 458 g/mol. The van der Waals surface area contributed by atoms with E-state index < -0.39 is 5.91 Å². The van der Waals surface area contributed by atoms with Crippen molar-refractivity contribution in [2.24, 2.45) is 5.73 Å². The van der Waals surface area contributed by atoms with Crippen LogP contribution in [0, 0.1) is 6.92 Å². The summed E-state index contributed by atoms with van der Waals surface area (Å²) in [5.41, 5.74) is 15.1. The van der Waals surface area contributed by atoms with Crippen LogP contribution in [-0.2, 0) is 11.5 Å². The fraction of sp³-hybridized carbons (Fsp3) is 0.174. The molecule has 4 aromatic rings. The minimum Gasteiger partial charge on any atom is -0.482 e. The Hall–Kier alpha value is -4.67. The standard InChI is InChI=1S/C23H22N8O3/c1-14-5-4-7-16-19(14)23(33)31(15-6-2-3-8-17(15)34-9-18(24)32)13-30(16)12-29-11-28-20-21(25)26-10-27-22(20)29/h2-8,10-11H,9,12-13H2,1H3,(H2,24,32)(H2,25,26,27). The van der Waals surface area contributed by atoms with Gasteiger partial charge in [-0.05, 0) is 30.7 Å². The average Bonchev–Trinajstić information content (AvgIpc) is 3.24. The highest BCUT2D eigenvalue weighted by Gasteiger charge is 2.33. The van der Waals surface area contributed by atoms with Crippen LogP contribution >= 0.6 is 0 Å². The van der Waals surface area contributed by atoms with Crippen molar-refractivity contribution in [3.63, 3.8) is 0 Å². The molecule has 2 aromatic heterocycles. The number of hydrogen-bond acceptors (Lipinski definition) is 8. The Morgan fingerprint density at radius 1 is 1.09 bits per heavy atom. The van der Waals surface area contributed by atoms with Crippen LogP contribution in [0.2, 0.25) is 0 Å². The van der Waals surface area contributed by atoms with Gasteiger partial charge in [-0.2, -0.15) is 0 Å². The van der Waals surface area contributed by atoms with Gasteiger partial charge in [-0.15, -0.1) is 0 Å². The zero-order valence-electron chi connectivity index (χ0n) is 18.4. The van der Waals surface area contributed by atoms with Crippen LogP contribution in [0.4, 0.5) is 17.2 Å². The fourth-order valence-corrected chi connectivity index (χ4v) is 4.08. The number of anilines is 3. The molecule has 34 heavy (non-hydrogen) atoms.